The third-order valence-electron chi connectivity index (χ3n) is 2.15. The van der Waals surface area contributed by atoms with Gasteiger partial charge >= 0.3 is 0 Å². The van der Waals surface area contributed by atoms with Gasteiger partial charge in [0.1, 0.15) is 12.2 Å². The summed E-state index contributed by atoms with van der Waals surface area (Å²) in [4.78, 5) is 22.7. The number of carbonyl (C=O) groups excluding carboxylic acids is 2. The van der Waals surface area contributed by atoms with Gasteiger partial charge in [0.05, 0.1) is 11.2 Å². The van der Waals surface area contributed by atoms with Crippen LogP contribution in [-0.4, -0.2) is 24.1 Å². The van der Waals surface area contributed by atoms with E-state index >= 15 is 0 Å². The maximum Gasteiger partial charge on any atom is 0.249 e. The number of rotatable bonds is 5. The van der Waals surface area contributed by atoms with Gasteiger partial charge in [0.15, 0.2) is 0 Å². The lowest BCUT2D eigenvalue weighted by Crippen LogP contribution is -2.34. The summed E-state index contributed by atoms with van der Waals surface area (Å²) in [5.74, 6) is -1.54. The van der Waals surface area contributed by atoms with Crippen molar-refractivity contribution in [2.75, 3.05) is 0 Å². The molecular formula is C13H15ClFN3O2. The fraction of sp³-hybridized carbons (Fsp3) is 0.308. The van der Waals surface area contributed by atoms with Gasteiger partial charge in [-0.25, -0.2) is 9.82 Å². The van der Waals surface area contributed by atoms with E-state index in [4.69, 9.17) is 11.6 Å². The number of halogens is 2. The van der Waals surface area contributed by atoms with Gasteiger partial charge in [-0.3, -0.25) is 9.59 Å². The minimum atomic E-state index is -0.591. The summed E-state index contributed by atoms with van der Waals surface area (Å²) < 4.78 is 13.4. The van der Waals surface area contributed by atoms with Crippen LogP contribution in [0.15, 0.2) is 23.3 Å². The van der Waals surface area contributed by atoms with Crippen molar-refractivity contribution in [3.63, 3.8) is 0 Å². The summed E-state index contributed by atoms with van der Waals surface area (Å²) in [6.07, 6.45) is 0.746. The molecule has 0 aliphatic carbocycles. The highest BCUT2D eigenvalue weighted by molar-refractivity contribution is 6.33. The van der Waals surface area contributed by atoms with Crippen LogP contribution in [0.2, 0.25) is 5.02 Å². The van der Waals surface area contributed by atoms with Crippen molar-refractivity contribution >= 4 is 29.6 Å². The van der Waals surface area contributed by atoms with Gasteiger partial charge in [0.2, 0.25) is 11.8 Å². The highest BCUT2D eigenvalue weighted by Gasteiger charge is 2.09. The van der Waals surface area contributed by atoms with Crippen LogP contribution in [0.1, 0.15) is 25.8 Å². The summed E-state index contributed by atoms with van der Waals surface area (Å²) in [5, 5.41) is 6.31. The van der Waals surface area contributed by atoms with Crippen molar-refractivity contribution in [1.29, 1.82) is 0 Å². The van der Waals surface area contributed by atoms with Crippen LogP contribution in [0, 0.1) is 5.82 Å². The first kappa shape index (κ1) is 16.1. The lowest BCUT2D eigenvalue weighted by Gasteiger charge is -2.06. The topological polar surface area (TPSA) is 70.6 Å². The van der Waals surface area contributed by atoms with Crippen LogP contribution < -0.4 is 10.7 Å². The van der Waals surface area contributed by atoms with Gasteiger partial charge in [-0.05, 0) is 26.0 Å². The Labute approximate surface area is 121 Å². The standard InChI is InChI=1S/C13H15ClFN3O2/c1-8(2)17-12(19)6-13(20)18-16-7-9-10(14)4-3-5-11(9)15/h3-5,7-8H,6H2,1-2H3,(H,17,19)(H,18,20)/b16-7+. The summed E-state index contributed by atoms with van der Waals surface area (Å²) in [6.45, 7) is 3.57. The van der Waals surface area contributed by atoms with Crippen molar-refractivity contribution in [2.45, 2.75) is 26.3 Å². The molecule has 0 saturated heterocycles. The number of hydrogen-bond acceptors (Lipinski definition) is 3. The second-order valence-electron chi connectivity index (χ2n) is 4.33. The molecule has 1 aromatic rings. The number of benzene rings is 1. The predicted octanol–water partition coefficient (Wildman–Crippen LogP) is 1.84. The SMILES string of the molecule is CC(C)NC(=O)CC(=O)N/N=C/c1c(F)cccc1Cl. The Kier molecular flexibility index (Phi) is 6.11. The summed E-state index contributed by atoms with van der Waals surface area (Å²) >= 11 is 5.78. The van der Waals surface area contributed by atoms with Gasteiger partial charge in [0.25, 0.3) is 0 Å². The van der Waals surface area contributed by atoms with E-state index in [0.717, 1.165) is 6.21 Å². The van der Waals surface area contributed by atoms with Crippen molar-refractivity contribution in [1.82, 2.24) is 10.7 Å². The second kappa shape index (κ2) is 7.59. The first-order valence-electron chi connectivity index (χ1n) is 5.95. The summed E-state index contributed by atoms with van der Waals surface area (Å²) in [7, 11) is 0. The van der Waals surface area contributed by atoms with Gasteiger partial charge in [-0.1, -0.05) is 17.7 Å². The van der Waals surface area contributed by atoms with E-state index in [1.807, 2.05) is 0 Å². The molecule has 0 bridgehead atoms. The number of hydrazone groups is 1. The van der Waals surface area contributed by atoms with Crippen LogP contribution in [0.3, 0.4) is 0 Å². The van der Waals surface area contributed by atoms with E-state index < -0.39 is 17.6 Å². The molecular weight excluding hydrogens is 285 g/mol. The molecule has 1 rings (SSSR count). The predicted molar refractivity (Wildman–Crippen MR) is 75.0 cm³/mol. The highest BCUT2D eigenvalue weighted by Crippen LogP contribution is 2.16. The fourth-order valence-electron chi connectivity index (χ4n) is 1.36. The Balaban J connectivity index is 2.52. The molecule has 0 saturated carbocycles. The normalized spacial score (nSPS) is 10.8. The molecule has 0 spiro atoms. The number of carbonyl (C=O) groups is 2. The van der Waals surface area contributed by atoms with E-state index in [2.05, 4.69) is 15.8 Å². The average molecular weight is 300 g/mol. The molecule has 0 unspecified atom stereocenters. The quantitative estimate of drug-likeness (QED) is 0.495. The van der Waals surface area contributed by atoms with Crippen molar-refractivity contribution in [3.8, 4) is 0 Å². The second-order valence-corrected chi connectivity index (χ2v) is 4.73. The molecule has 20 heavy (non-hydrogen) atoms. The van der Waals surface area contributed by atoms with Crippen LogP contribution >= 0.6 is 11.6 Å². The molecule has 0 aliphatic heterocycles. The average Bonchev–Trinajstić information content (AvgIpc) is 2.31. The summed E-state index contributed by atoms with van der Waals surface area (Å²) in [6, 6.07) is 4.15. The number of nitrogens with zero attached hydrogens (tertiary/aromatic N) is 1. The van der Waals surface area contributed by atoms with E-state index in [1.54, 1.807) is 13.8 Å². The highest BCUT2D eigenvalue weighted by atomic mass is 35.5. The van der Waals surface area contributed by atoms with Crippen LogP contribution in [0.5, 0.6) is 0 Å². The molecule has 2 N–H and O–H groups in total. The first-order chi connectivity index (χ1) is 9.40. The molecule has 0 aliphatic rings. The first-order valence-corrected chi connectivity index (χ1v) is 6.33. The molecule has 2 amide bonds. The Hall–Kier alpha value is -1.95. The molecule has 7 heteroatoms. The van der Waals surface area contributed by atoms with Gasteiger partial charge in [-0.15, -0.1) is 0 Å². The van der Waals surface area contributed by atoms with Gasteiger partial charge in [0, 0.05) is 11.6 Å². The van der Waals surface area contributed by atoms with E-state index in [-0.39, 0.29) is 23.0 Å². The molecule has 5 nitrogen and oxygen atoms in total. The Morgan fingerprint density at radius 3 is 2.70 bits per heavy atom. The Bertz CT molecular complexity index is 512. The zero-order chi connectivity index (χ0) is 15.1. The Morgan fingerprint density at radius 1 is 1.40 bits per heavy atom. The minimum absolute atomic E-state index is 0.0453. The van der Waals surface area contributed by atoms with Crippen LogP contribution in [-0.2, 0) is 9.59 Å². The zero-order valence-electron chi connectivity index (χ0n) is 11.1. The van der Waals surface area contributed by atoms with E-state index in [0.29, 0.717) is 0 Å². The maximum atomic E-state index is 13.4. The number of amides is 2. The molecule has 0 atom stereocenters. The largest absolute Gasteiger partial charge is 0.353 e. The minimum Gasteiger partial charge on any atom is -0.353 e. The molecule has 0 aromatic heterocycles. The van der Waals surface area contributed by atoms with Crippen molar-refractivity contribution < 1.29 is 14.0 Å². The molecule has 1 aromatic carbocycles. The smallest absolute Gasteiger partial charge is 0.249 e. The summed E-state index contributed by atoms with van der Waals surface area (Å²) in [5.41, 5.74) is 2.20. The Morgan fingerprint density at radius 2 is 2.10 bits per heavy atom. The van der Waals surface area contributed by atoms with E-state index in [1.165, 1.54) is 18.2 Å². The third kappa shape index (κ3) is 5.36. The maximum absolute atomic E-state index is 13.4. The zero-order valence-corrected chi connectivity index (χ0v) is 11.9. The molecule has 0 heterocycles. The third-order valence-corrected chi connectivity index (χ3v) is 2.48. The van der Waals surface area contributed by atoms with E-state index in [9.17, 15) is 14.0 Å². The molecule has 108 valence electrons. The number of hydrogen-bond donors (Lipinski definition) is 2. The lowest BCUT2D eigenvalue weighted by molar-refractivity contribution is -0.129. The lowest BCUT2D eigenvalue weighted by atomic mass is 10.2. The number of nitrogens with one attached hydrogen (secondary N) is 2. The van der Waals surface area contributed by atoms with Gasteiger partial charge in [-0.2, -0.15) is 5.10 Å². The van der Waals surface area contributed by atoms with Gasteiger partial charge < -0.3 is 5.32 Å². The van der Waals surface area contributed by atoms with Crippen LogP contribution in [0.25, 0.3) is 0 Å². The molecule has 0 radical (unpaired) electrons. The monoisotopic (exact) mass is 299 g/mol. The molecule has 0 fully saturated rings. The van der Waals surface area contributed by atoms with Crippen molar-refractivity contribution in [3.05, 3.63) is 34.6 Å². The fourth-order valence-corrected chi connectivity index (χ4v) is 1.57. The van der Waals surface area contributed by atoms with Crippen molar-refractivity contribution in [2.24, 2.45) is 5.10 Å². The van der Waals surface area contributed by atoms with Crippen LogP contribution in [0.4, 0.5) is 4.39 Å².